The number of hydrogen-bond acceptors (Lipinski definition) is 4. The van der Waals surface area contributed by atoms with Crippen LogP contribution in [0.3, 0.4) is 0 Å². The predicted octanol–water partition coefficient (Wildman–Crippen LogP) is 3.77. The standard InChI is InChI=1S/C23H24FNO4S/c24-18-5-1-16(2-6-18)15-20(26)9-7-19-8-12-22(27)25(19)13-14-30-21-10-3-17(4-11-21)23(28)29/h1-7,9-11,19-20,26H,8,12-15H2,(H,28,29)/b9-7+/t19-,20+/m0/s1. The Morgan fingerprint density at radius 1 is 1.20 bits per heavy atom. The van der Waals surface area contributed by atoms with Gasteiger partial charge in [0.25, 0.3) is 0 Å². The second-order valence-corrected chi connectivity index (χ2v) is 8.32. The topological polar surface area (TPSA) is 77.8 Å². The molecule has 1 amide bonds. The molecule has 0 aromatic heterocycles. The van der Waals surface area contributed by atoms with Gasteiger partial charge in [-0.1, -0.05) is 24.3 Å². The third-order valence-corrected chi connectivity index (χ3v) is 5.98. The molecule has 0 saturated carbocycles. The smallest absolute Gasteiger partial charge is 0.335 e. The van der Waals surface area contributed by atoms with Gasteiger partial charge >= 0.3 is 5.97 Å². The highest BCUT2D eigenvalue weighted by atomic mass is 32.2. The number of carbonyl (C=O) groups excluding carboxylic acids is 1. The summed E-state index contributed by atoms with van der Waals surface area (Å²) in [5.41, 5.74) is 1.09. The van der Waals surface area contributed by atoms with Crippen molar-refractivity contribution in [3.63, 3.8) is 0 Å². The monoisotopic (exact) mass is 429 g/mol. The molecule has 2 N–H and O–H groups in total. The largest absolute Gasteiger partial charge is 0.478 e. The highest BCUT2D eigenvalue weighted by Crippen LogP contribution is 2.23. The average Bonchev–Trinajstić information content (AvgIpc) is 3.08. The number of rotatable bonds is 9. The minimum atomic E-state index is -0.953. The molecule has 0 unspecified atom stereocenters. The lowest BCUT2D eigenvalue weighted by atomic mass is 10.1. The van der Waals surface area contributed by atoms with E-state index in [-0.39, 0.29) is 23.3 Å². The number of likely N-dealkylation sites (tertiary alicyclic amines) is 1. The SMILES string of the molecule is O=C(O)c1ccc(SCCN2C(=O)CC[C@@H]2/C=C/[C@@H](O)Cc2ccc(F)cc2)cc1. The van der Waals surface area contributed by atoms with Crippen molar-refractivity contribution in [3.8, 4) is 0 Å². The lowest BCUT2D eigenvalue weighted by Crippen LogP contribution is -2.33. The molecule has 158 valence electrons. The minimum absolute atomic E-state index is 0.0460. The summed E-state index contributed by atoms with van der Waals surface area (Å²) in [5, 5.41) is 19.2. The second kappa shape index (κ2) is 10.4. The maximum Gasteiger partial charge on any atom is 0.335 e. The number of carboxylic acid groups (broad SMARTS) is 1. The van der Waals surface area contributed by atoms with Crippen LogP contribution in [0.5, 0.6) is 0 Å². The van der Waals surface area contributed by atoms with E-state index in [9.17, 15) is 19.1 Å². The maximum atomic E-state index is 13.0. The highest BCUT2D eigenvalue weighted by Gasteiger charge is 2.28. The van der Waals surface area contributed by atoms with Crippen LogP contribution in [-0.2, 0) is 11.2 Å². The number of thioether (sulfide) groups is 1. The summed E-state index contributed by atoms with van der Waals surface area (Å²) in [5.74, 6) is -0.467. The van der Waals surface area contributed by atoms with Crippen LogP contribution in [0, 0.1) is 5.82 Å². The number of aliphatic hydroxyl groups is 1. The third-order valence-electron chi connectivity index (χ3n) is 4.99. The van der Waals surface area contributed by atoms with Gasteiger partial charge in [-0.15, -0.1) is 11.8 Å². The Balaban J connectivity index is 1.50. The molecule has 1 aliphatic heterocycles. The molecular weight excluding hydrogens is 405 g/mol. The van der Waals surface area contributed by atoms with Crippen molar-refractivity contribution in [2.45, 2.75) is 36.3 Å². The lowest BCUT2D eigenvalue weighted by molar-refractivity contribution is -0.128. The number of aliphatic hydroxyl groups excluding tert-OH is 1. The van der Waals surface area contributed by atoms with Crippen molar-refractivity contribution in [1.29, 1.82) is 0 Å². The first-order chi connectivity index (χ1) is 14.4. The number of benzene rings is 2. The first-order valence-corrected chi connectivity index (χ1v) is 10.8. The molecule has 3 rings (SSSR count). The van der Waals surface area contributed by atoms with E-state index < -0.39 is 12.1 Å². The van der Waals surface area contributed by atoms with Crippen molar-refractivity contribution in [2.75, 3.05) is 12.3 Å². The fraction of sp³-hybridized carbons (Fsp3) is 0.304. The van der Waals surface area contributed by atoms with Crippen LogP contribution in [0.15, 0.2) is 65.6 Å². The summed E-state index contributed by atoms with van der Waals surface area (Å²) in [6, 6.07) is 12.7. The highest BCUT2D eigenvalue weighted by molar-refractivity contribution is 7.99. The quantitative estimate of drug-likeness (QED) is 0.469. The molecule has 7 heteroatoms. The van der Waals surface area contributed by atoms with Gasteiger partial charge in [-0.2, -0.15) is 0 Å². The molecule has 0 spiro atoms. The molecule has 0 bridgehead atoms. The van der Waals surface area contributed by atoms with Gasteiger partial charge in [0.1, 0.15) is 5.82 Å². The number of carbonyl (C=O) groups is 2. The summed E-state index contributed by atoms with van der Waals surface area (Å²) >= 11 is 1.57. The van der Waals surface area contributed by atoms with Gasteiger partial charge in [-0.3, -0.25) is 4.79 Å². The van der Waals surface area contributed by atoms with E-state index in [4.69, 9.17) is 5.11 Å². The van der Waals surface area contributed by atoms with E-state index in [0.717, 1.165) is 16.9 Å². The zero-order chi connectivity index (χ0) is 21.5. The molecule has 1 fully saturated rings. The van der Waals surface area contributed by atoms with E-state index >= 15 is 0 Å². The second-order valence-electron chi connectivity index (χ2n) is 7.15. The number of halogens is 1. The number of aromatic carboxylic acids is 1. The summed E-state index contributed by atoms with van der Waals surface area (Å²) in [7, 11) is 0. The molecule has 2 aromatic rings. The summed E-state index contributed by atoms with van der Waals surface area (Å²) in [6.07, 6.45) is 4.48. The average molecular weight is 430 g/mol. The lowest BCUT2D eigenvalue weighted by Gasteiger charge is -2.22. The van der Waals surface area contributed by atoms with Crippen molar-refractivity contribution in [1.82, 2.24) is 4.90 Å². The van der Waals surface area contributed by atoms with E-state index in [0.29, 0.717) is 25.1 Å². The molecule has 1 aliphatic rings. The number of hydrogen-bond donors (Lipinski definition) is 2. The Morgan fingerprint density at radius 2 is 1.90 bits per heavy atom. The van der Waals surface area contributed by atoms with Gasteiger partial charge in [0.15, 0.2) is 0 Å². The van der Waals surface area contributed by atoms with Crippen molar-refractivity contribution < 1.29 is 24.2 Å². The zero-order valence-corrected chi connectivity index (χ0v) is 17.2. The van der Waals surface area contributed by atoms with Crippen LogP contribution in [-0.4, -0.2) is 51.4 Å². The van der Waals surface area contributed by atoms with Gasteiger partial charge < -0.3 is 15.1 Å². The number of carboxylic acids is 1. The molecule has 2 aromatic carbocycles. The van der Waals surface area contributed by atoms with Crippen LogP contribution < -0.4 is 0 Å². The van der Waals surface area contributed by atoms with Gasteiger partial charge in [0.2, 0.25) is 5.91 Å². The van der Waals surface area contributed by atoms with Crippen molar-refractivity contribution in [3.05, 3.63) is 77.6 Å². The number of nitrogens with zero attached hydrogens (tertiary/aromatic N) is 1. The fourth-order valence-electron chi connectivity index (χ4n) is 3.39. The Hall–Kier alpha value is -2.64. The third kappa shape index (κ3) is 6.18. The van der Waals surface area contributed by atoms with E-state index in [1.54, 1.807) is 54.2 Å². The van der Waals surface area contributed by atoms with Crippen LogP contribution in [0.25, 0.3) is 0 Å². The summed E-state index contributed by atoms with van der Waals surface area (Å²) in [6.45, 7) is 0.577. The number of amides is 1. The molecule has 30 heavy (non-hydrogen) atoms. The van der Waals surface area contributed by atoms with E-state index in [1.165, 1.54) is 12.1 Å². The fourth-order valence-corrected chi connectivity index (χ4v) is 4.24. The Bertz CT molecular complexity index is 898. The zero-order valence-electron chi connectivity index (χ0n) is 16.4. The van der Waals surface area contributed by atoms with Crippen LogP contribution in [0.4, 0.5) is 4.39 Å². The first kappa shape index (κ1) is 22.1. The van der Waals surface area contributed by atoms with Gasteiger partial charge in [-0.25, -0.2) is 9.18 Å². The summed E-state index contributed by atoms with van der Waals surface area (Å²) < 4.78 is 13.0. The van der Waals surface area contributed by atoms with Crippen LogP contribution in [0.2, 0.25) is 0 Å². The van der Waals surface area contributed by atoms with Crippen molar-refractivity contribution >= 4 is 23.6 Å². The first-order valence-electron chi connectivity index (χ1n) is 9.79. The molecule has 1 heterocycles. The molecule has 2 atom stereocenters. The van der Waals surface area contributed by atoms with Gasteiger partial charge in [-0.05, 0) is 48.4 Å². The van der Waals surface area contributed by atoms with Crippen LogP contribution >= 0.6 is 11.8 Å². The Morgan fingerprint density at radius 3 is 2.57 bits per heavy atom. The predicted molar refractivity (Wildman–Crippen MR) is 114 cm³/mol. The van der Waals surface area contributed by atoms with Gasteiger partial charge in [0, 0.05) is 30.0 Å². The van der Waals surface area contributed by atoms with E-state index in [2.05, 4.69) is 0 Å². The van der Waals surface area contributed by atoms with Crippen molar-refractivity contribution in [2.24, 2.45) is 0 Å². The minimum Gasteiger partial charge on any atom is -0.478 e. The molecule has 0 radical (unpaired) electrons. The Labute approximate surface area is 179 Å². The molecule has 0 aliphatic carbocycles. The van der Waals surface area contributed by atoms with E-state index in [1.807, 2.05) is 11.0 Å². The molecular formula is C23H24FNO4S. The maximum absolute atomic E-state index is 13.0. The summed E-state index contributed by atoms with van der Waals surface area (Å²) in [4.78, 5) is 25.9. The normalized spacial score (nSPS) is 17.6. The Kier molecular flexibility index (Phi) is 7.65. The molecule has 1 saturated heterocycles. The van der Waals surface area contributed by atoms with Crippen LogP contribution in [0.1, 0.15) is 28.8 Å². The molecule has 5 nitrogen and oxygen atoms in total. The van der Waals surface area contributed by atoms with Gasteiger partial charge in [0.05, 0.1) is 17.7 Å².